The van der Waals surface area contributed by atoms with E-state index in [1.165, 1.54) is 0 Å². The average molecular weight is 324 g/mol. The number of benzene rings is 1. The Morgan fingerprint density at radius 2 is 1.95 bits per heavy atom. The van der Waals surface area contributed by atoms with Gasteiger partial charge in [0.25, 0.3) is 0 Å². The first-order valence-electron chi connectivity index (χ1n) is 7.80. The van der Waals surface area contributed by atoms with Gasteiger partial charge in [0.1, 0.15) is 5.75 Å². The van der Waals surface area contributed by atoms with E-state index in [4.69, 9.17) is 4.74 Å². The van der Waals surface area contributed by atoms with Crippen LogP contribution < -0.4 is 15.4 Å². The Labute approximate surface area is 139 Å². The second-order valence-corrected chi connectivity index (χ2v) is 7.07. The minimum absolute atomic E-state index is 0.180. The summed E-state index contributed by atoms with van der Waals surface area (Å²) in [6.45, 7) is 11.5. The van der Waals surface area contributed by atoms with E-state index < -0.39 is 0 Å². The first kappa shape index (κ1) is 18.7. The van der Waals surface area contributed by atoms with E-state index in [1.54, 1.807) is 0 Å². The third-order valence-electron chi connectivity index (χ3n) is 3.26. The largest absolute Gasteiger partial charge is 0.494 e. The first-order chi connectivity index (χ1) is 10.5. The minimum atomic E-state index is 0.180. The van der Waals surface area contributed by atoms with Crippen LogP contribution in [-0.2, 0) is 6.54 Å². The molecule has 0 heterocycles. The summed E-state index contributed by atoms with van der Waals surface area (Å²) in [5, 5.41) is 6.70. The average Bonchev–Trinajstić information content (AvgIpc) is 2.52. The van der Waals surface area contributed by atoms with Gasteiger partial charge >= 0.3 is 0 Å². The van der Waals surface area contributed by atoms with Crippen LogP contribution in [0, 0.1) is 0 Å². The molecule has 0 spiro atoms. The molecule has 0 aliphatic heterocycles. The lowest BCUT2D eigenvalue weighted by Gasteiger charge is -2.23. The number of guanidine groups is 1. The third-order valence-corrected chi connectivity index (χ3v) is 4.51. The van der Waals surface area contributed by atoms with E-state index in [1.807, 2.05) is 36.9 Å². The summed E-state index contributed by atoms with van der Waals surface area (Å²) in [6.07, 6.45) is 2.13. The van der Waals surface area contributed by atoms with Crippen molar-refractivity contribution in [1.82, 2.24) is 10.6 Å². The second-order valence-electron chi connectivity index (χ2n) is 5.55. The Morgan fingerprint density at radius 3 is 2.59 bits per heavy atom. The monoisotopic (exact) mass is 323 g/mol. The molecule has 0 bridgehead atoms. The highest BCUT2D eigenvalue weighted by atomic mass is 32.2. The van der Waals surface area contributed by atoms with Crippen LogP contribution in [0.2, 0.25) is 0 Å². The molecule has 0 unspecified atom stereocenters. The van der Waals surface area contributed by atoms with Crippen LogP contribution in [0.5, 0.6) is 5.75 Å². The van der Waals surface area contributed by atoms with E-state index in [0.717, 1.165) is 30.4 Å². The maximum atomic E-state index is 5.65. The number of nitrogens with one attached hydrogen (secondary N) is 2. The highest BCUT2D eigenvalue weighted by molar-refractivity contribution is 7.99. The zero-order chi connectivity index (χ0) is 16.4. The second kappa shape index (κ2) is 9.62. The number of thioether (sulfide) groups is 1. The van der Waals surface area contributed by atoms with Crippen molar-refractivity contribution in [3.05, 3.63) is 29.8 Å². The first-order valence-corrected chi connectivity index (χ1v) is 9.03. The van der Waals surface area contributed by atoms with Gasteiger partial charge in [0.05, 0.1) is 13.2 Å². The molecule has 0 fully saturated rings. The standard InChI is InChI=1S/C17H29N3OS/c1-6-18-16(20-13-17(3,4)22-5)19-12-14-10-8-9-11-15(14)21-7-2/h8-11H,6-7,12-13H2,1-5H3,(H2,18,19,20). The van der Waals surface area contributed by atoms with E-state index in [2.05, 4.69) is 48.7 Å². The van der Waals surface area contributed by atoms with Gasteiger partial charge in [-0.2, -0.15) is 11.8 Å². The van der Waals surface area contributed by atoms with Crippen molar-refractivity contribution < 1.29 is 4.74 Å². The lowest BCUT2D eigenvalue weighted by Crippen LogP contribution is -2.43. The van der Waals surface area contributed by atoms with E-state index in [-0.39, 0.29) is 4.75 Å². The molecule has 0 saturated carbocycles. The normalized spacial score (nSPS) is 12.1. The van der Waals surface area contributed by atoms with Crippen LogP contribution in [0.4, 0.5) is 0 Å². The van der Waals surface area contributed by atoms with Gasteiger partial charge in [-0.05, 0) is 40.0 Å². The van der Waals surface area contributed by atoms with Gasteiger partial charge in [-0.3, -0.25) is 0 Å². The summed E-state index contributed by atoms with van der Waals surface area (Å²) >= 11 is 1.85. The van der Waals surface area contributed by atoms with Crippen molar-refractivity contribution in [2.24, 2.45) is 4.99 Å². The smallest absolute Gasteiger partial charge is 0.191 e. The van der Waals surface area contributed by atoms with Crippen LogP contribution in [-0.4, -0.2) is 36.7 Å². The fourth-order valence-electron chi connectivity index (χ4n) is 1.81. The van der Waals surface area contributed by atoms with E-state index in [9.17, 15) is 0 Å². The SMILES string of the molecule is CCNC(=NCc1ccccc1OCC)NCC(C)(C)SC. The van der Waals surface area contributed by atoms with Crippen molar-refractivity contribution in [1.29, 1.82) is 0 Å². The van der Waals surface area contributed by atoms with Crippen molar-refractivity contribution in [3.63, 3.8) is 0 Å². The minimum Gasteiger partial charge on any atom is -0.494 e. The zero-order valence-corrected chi connectivity index (χ0v) is 15.2. The topological polar surface area (TPSA) is 45.7 Å². The Kier molecular flexibility index (Phi) is 8.17. The van der Waals surface area contributed by atoms with Gasteiger partial charge in [0.2, 0.25) is 0 Å². The molecule has 0 amide bonds. The molecule has 0 saturated heterocycles. The molecular formula is C17H29N3OS. The Bertz CT molecular complexity index is 475. The van der Waals surface area contributed by atoms with Crippen LogP contribution >= 0.6 is 11.8 Å². The molecule has 1 aromatic carbocycles. The van der Waals surface area contributed by atoms with Crippen LogP contribution in [0.1, 0.15) is 33.3 Å². The summed E-state index contributed by atoms with van der Waals surface area (Å²) in [6, 6.07) is 8.06. The van der Waals surface area contributed by atoms with Gasteiger partial charge in [-0.25, -0.2) is 4.99 Å². The number of nitrogens with zero attached hydrogens (tertiary/aromatic N) is 1. The molecule has 5 heteroatoms. The fourth-order valence-corrected chi connectivity index (χ4v) is 2.02. The van der Waals surface area contributed by atoms with Crippen LogP contribution in [0.3, 0.4) is 0 Å². The molecule has 0 atom stereocenters. The molecular weight excluding hydrogens is 294 g/mol. The van der Waals surface area contributed by atoms with Gasteiger partial charge in [0, 0.05) is 23.4 Å². The number of aliphatic imine (C=N–C) groups is 1. The molecule has 1 rings (SSSR count). The molecule has 22 heavy (non-hydrogen) atoms. The van der Waals surface area contributed by atoms with Gasteiger partial charge in [0.15, 0.2) is 5.96 Å². The molecule has 1 aromatic rings. The predicted octanol–water partition coefficient (Wildman–Crippen LogP) is 3.28. The van der Waals surface area contributed by atoms with Crippen LogP contribution in [0.15, 0.2) is 29.3 Å². The molecule has 0 aromatic heterocycles. The van der Waals surface area contributed by atoms with E-state index in [0.29, 0.717) is 13.2 Å². The number of hydrogen-bond acceptors (Lipinski definition) is 3. The highest BCUT2D eigenvalue weighted by Gasteiger charge is 2.16. The molecule has 2 N–H and O–H groups in total. The van der Waals surface area contributed by atoms with Crippen molar-refractivity contribution in [2.75, 3.05) is 26.0 Å². The Morgan fingerprint density at radius 1 is 1.23 bits per heavy atom. The summed E-state index contributed by atoms with van der Waals surface area (Å²) in [5.41, 5.74) is 1.10. The summed E-state index contributed by atoms with van der Waals surface area (Å²) in [4.78, 5) is 4.67. The Balaban J connectivity index is 2.73. The quantitative estimate of drug-likeness (QED) is 0.569. The van der Waals surface area contributed by atoms with Gasteiger partial charge < -0.3 is 15.4 Å². The lowest BCUT2D eigenvalue weighted by molar-refractivity contribution is 0.336. The zero-order valence-electron chi connectivity index (χ0n) is 14.4. The maximum absolute atomic E-state index is 5.65. The molecule has 0 aliphatic carbocycles. The fraction of sp³-hybridized carbons (Fsp3) is 0.588. The number of para-hydroxylation sites is 1. The highest BCUT2D eigenvalue weighted by Crippen LogP contribution is 2.20. The third kappa shape index (κ3) is 6.60. The predicted molar refractivity (Wildman–Crippen MR) is 98.0 cm³/mol. The number of rotatable bonds is 8. The number of ether oxygens (including phenoxy) is 1. The molecule has 4 nitrogen and oxygen atoms in total. The lowest BCUT2D eigenvalue weighted by atomic mass is 10.2. The van der Waals surface area contributed by atoms with Gasteiger partial charge in [-0.1, -0.05) is 18.2 Å². The van der Waals surface area contributed by atoms with Gasteiger partial charge in [-0.15, -0.1) is 0 Å². The summed E-state index contributed by atoms with van der Waals surface area (Å²) in [5.74, 6) is 1.75. The number of hydrogen-bond donors (Lipinski definition) is 2. The van der Waals surface area contributed by atoms with Crippen LogP contribution in [0.25, 0.3) is 0 Å². The summed E-state index contributed by atoms with van der Waals surface area (Å²) in [7, 11) is 0. The maximum Gasteiger partial charge on any atom is 0.191 e. The van der Waals surface area contributed by atoms with Crippen molar-refractivity contribution >= 4 is 17.7 Å². The Hall–Kier alpha value is -1.36. The van der Waals surface area contributed by atoms with Crippen molar-refractivity contribution in [3.8, 4) is 5.75 Å². The molecule has 124 valence electrons. The molecule has 0 radical (unpaired) electrons. The van der Waals surface area contributed by atoms with E-state index >= 15 is 0 Å². The summed E-state index contributed by atoms with van der Waals surface area (Å²) < 4.78 is 5.83. The van der Waals surface area contributed by atoms with Crippen molar-refractivity contribution in [2.45, 2.75) is 39.0 Å². The molecule has 0 aliphatic rings.